The number of anilines is 1. The van der Waals surface area contributed by atoms with Crippen LogP contribution >= 0.6 is 0 Å². The van der Waals surface area contributed by atoms with Gasteiger partial charge in [0.05, 0.1) is 23.2 Å². The zero-order valence-electron chi connectivity index (χ0n) is 13.3. The Labute approximate surface area is 140 Å². The number of carbonyl (C=O) groups is 1. The molecular weight excluding hydrogens is 328 g/mol. The van der Waals surface area contributed by atoms with Crippen LogP contribution in [0.4, 0.5) is 5.82 Å². The smallest absolute Gasteiger partial charge is 0.226 e. The number of amides is 1. The lowest BCUT2D eigenvalue weighted by molar-refractivity contribution is -0.116. The van der Waals surface area contributed by atoms with Crippen molar-refractivity contribution in [3.05, 3.63) is 41.3 Å². The molecule has 2 aliphatic heterocycles. The van der Waals surface area contributed by atoms with E-state index in [1.807, 2.05) is 19.1 Å². The number of hydrogen-bond donors (Lipinski definition) is 1. The highest BCUT2D eigenvalue weighted by molar-refractivity contribution is 7.91. The third-order valence-electron chi connectivity index (χ3n) is 4.79. The van der Waals surface area contributed by atoms with E-state index in [1.165, 1.54) is 0 Å². The van der Waals surface area contributed by atoms with Crippen LogP contribution in [-0.4, -0.2) is 40.6 Å². The van der Waals surface area contributed by atoms with Crippen molar-refractivity contribution in [1.82, 2.24) is 14.8 Å². The molecule has 2 aromatic heterocycles. The summed E-state index contributed by atoms with van der Waals surface area (Å²) >= 11 is 0. The van der Waals surface area contributed by atoms with Crippen LogP contribution in [-0.2, 0) is 14.6 Å². The van der Waals surface area contributed by atoms with E-state index >= 15 is 0 Å². The number of pyridine rings is 1. The lowest BCUT2D eigenvalue weighted by atomic mass is 9.86. The zero-order chi connectivity index (χ0) is 16.9. The molecule has 1 N–H and O–H groups in total. The number of hydrogen-bond acceptors (Lipinski definition) is 5. The molecule has 4 rings (SSSR count). The average Bonchev–Trinajstić information content (AvgIpc) is 3.07. The molecule has 0 bridgehead atoms. The summed E-state index contributed by atoms with van der Waals surface area (Å²) in [5.41, 5.74) is 2.82. The van der Waals surface area contributed by atoms with Gasteiger partial charge in [-0.3, -0.25) is 9.78 Å². The number of aromatic nitrogens is 3. The highest BCUT2D eigenvalue weighted by atomic mass is 32.2. The summed E-state index contributed by atoms with van der Waals surface area (Å²) in [4.78, 5) is 16.3. The molecule has 8 heteroatoms. The quantitative estimate of drug-likeness (QED) is 0.887. The second-order valence-electron chi connectivity index (χ2n) is 6.43. The second kappa shape index (κ2) is 5.41. The fraction of sp³-hybridized carbons (Fsp3) is 0.438. The Kier molecular flexibility index (Phi) is 3.45. The molecule has 0 aromatic carbocycles. The maximum atomic E-state index is 12.2. The highest BCUT2D eigenvalue weighted by Crippen LogP contribution is 2.41. The molecule has 0 spiro atoms. The van der Waals surface area contributed by atoms with E-state index in [4.69, 9.17) is 0 Å². The first-order valence-corrected chi connectivity index (χ1v) is 9.76. The van der Waals surface area contributed by atoms with Gasteiger partial charge in [0.25, 0.3) is 0 Å². The van der Waals surface area contributed by atoms with E-state index < -0.39 is 9.84 Å². The van der Waals surface area contributed by atoms with Crippen LogP contribution in [0.15, 0.2) is 24.5 Å². The normalized spacial score (nSPS) is 25.3. The molecule has 0 unspecified atom stereocenters. The van der Waals surface area contributed by atoms with Gasteiger partial charge in [-0.05, 0) is 31.0 Å². The van der Waals surface area contributed by atoms with Gasteiger partial charge >= 0.3 is 0 Å². The molecule has 1 fully saturated rings. The lowest BCUT2D eigenvalue weighted by Crippen LogP contribution is -2.26. The minimum Gasteiger partial charge on any atom is -0.311 e. The molecule has 1 amide bonds. The summed E-state index contributed by atoms with van der Waals surface area (Å²) in [6.45, 7) is 1.91. The number of fused-ring (bicyclic) bond motifs is 1. The van der Waals surface area contributed by atoms with Crippen LogP contribution in [0.5, 0.6) is 0 Å². The molecule has 24 heavy (non-hydrogen) atoms. The van der Waals surface area contributed by atoms with Crippen molar-refractivity contribution in [2.24, 2.45) is 0 Å². The Morgan fingerprint density at radius 3 is 2.71 bits per heavy atom. The molecule has 2 aliphatic rings. The molecule has 126 valence electrons. The van der Waals surface area contributed by atoms with Crippen LogP contribution in [0.2, 0.25) is 0 Å². The number of sulfone groups is 1. The van der Waals surface area contributed by atoms with Crippen molar-refractivity contribution in [2.75, 3.05) is 16.8 Å². The van der Waals surface area contributed by atoms with Crippen molar-refractivity contribution < 1.29 is 13.2 Å². The summed E-state index contributed by atoms with van der Waals surface area (Å²) in [6, 6.07) is 3.60. The topological polar surface area (TPSA) is 93.9 Å². The second-order valence-corrected chi connectivity index (χ2v) is 8.66. The summed E-state index contributed by atoms with van der Waals surface area (Å²) in [5, 5.41) is 7.48. The molecular formula is C16H18N4O3S. The monoisotopic (exact) mass is 346 g/mol. The summed E-state index contributed by atoms with van der Waals surface area (Å²) < 4.78 is 25.3. The molecule has 0 aliphatic carbocycles. The zero-order valence-corrected chi connectivity index (χ0v) is 14.1. The van der Waals surface area contributed by atoms with Crippen molar-refractivity contribution >= 4 is 21.6 Å². The van der Waals surface area contributed by atoms with Gasteiger partial charge in [-0.1, -0.05) is 0 Å². The Bertz CT molecular complexity index is 905. The highest BCUT2D eigenvalue weighted by Gasteiger charge is 2.37. The van der Waals surface area contributed by atoms with Crippen molar-refractivity contribution in [1.29, 1.82) is 0 Å². The third-order valence-corrected chi connectivity index (χ3v) is 6.54. The predicted molar refractivity (Wildman–Crippen MR) is 88.6 cm³/mol. The maximum absolute atomic E-state index is 12.2. The molecule has 2 atom stereocenters. The molecule has 1 saturated heterocycles. The first-order chi connectivity index (χ1) is 11.4. The van der Waals surface area contributed by atoms with E-state index in [0.717, 1.165) is 16.8 Å². The van der Waals surface area contributed by atoms with Crippen LogP contribution < -0.4 is 5.32 Å². The summed E-state index contributed by atoms with van der Waals surface area (Å²) in [5.74, 6) is 0.742. The van der Waals surface area contributed by atoms with Crippen LogP contribution in [0.3, 0.4) is 0 Å². The van der Waals surface area contributed by atoms with Crippen molar-refractivity contribution in [2.45, 2.75) is 31.7 Å². The summed E-state index contributed by atoms with van der Waals surface area (Å²) in [6.07, 6.45) is 4.31. The Morgan fingerprint density at radius 1 is 1.29 bits per heavy atom. The van der Waals surface area contributed by atoms with Crippen LogP contribution in [0.25, 0.3) is 0 Å². The molecule has 7 nitrogen and oxygen atoms in total. The average molecular weight is 346 g/mol. The third kappa shape index (κ3) is 2.50. The SMILES string of the molecule is Cc1nn([C@@H]2CCS(=O)(=O)C2)c2c1[C@@H](c1ccncc1)CC(=O)N2. The van der Waals surface area contributed by atoms with E-state index in [1.54, 1.807) is 17.1 Å². The van der Waals surface area contributed by atoms with E-state index in [0.29, 0.717) is 18.7 Å². The fourth-order valence-electron chi connectivity index (χ4n) is 3.69. The minimum atomic E-state index is -3.02. The summed E-state index contributed by atoms with van der Waals surface area (Å²) in [7, 11) is -3.02. The van der Waals surface area contributed by atoms with Gasteiger partial charge in [0, 0.05) is 30.3 Å². The Balaban J connectivity index is 1.81. The Morgan fingerprint density at radius 2 is 2.04 bits per heavy atom. The maximum Gasteiger partial charge on any atom is 0.226 e. The van der Waals surface area contributed by atoms with E-state index in [-0.39, 0.29) is 29.4 Å². The van der Waals surface area contributed by atoms with Gasteiger partial charge in [0.2, 0.25) is 5.91 Å². The van der Waals surface area contributed by atoms with Gasteiger partial charge in [-0.25, -0.2) is 13.1 Å². The largest absolute Gasteiger partial charge is 0.311 e. The van der Waals surface area contributed by atoms with Gasteiger partial charge < -0.3 is 5.32 Å². The molecule has 0 saturated carbocycles. The number of carbonyl (C=O) groups excluding carboxylic acids is 1. The molecule has 0 radical (unpaired) electrons. The number of nitrogens with zero attached hydrogens (tertiary/aromatic N) is 3. The minimum absolute atomic E-state index is 0.0775. The standard InChI is InChI=1S/C16H18N4O3S/c1-10-15-13(11-2-5-17-6-3-11)8-14(21)18-16(15)20(19-10)12-4-7-24(22,23)9-12/h2-3,5-6,12-13H,4,7-9H2,1H3,(H,18,21)/t12-,13-/m1/s1. The van der Waals surface area contributed by atoms with Crippen molar-refractivity contribution in [3.63, 3.8) is 0 Å². The molecule has 2 aromatic rings. The first-order valence-electron chi connectivity index (χ1n) is 7.94. The van der Waals surface area contributed by atoms with E-state index in [2.05, 4.69) is 15.4 Å². The van der Waals surface area contributed by atoms with Crippen LogP contribution in [0.1, 0.15) is 41.6 Å². The van der Waals surface area contributed by atoms with Gasteiger partial charge in [0.15, 0.2) is 9.84 Å². The van der Waals surface area contributed by atoms with Gasteiger partial charge in [-0.2, -0.15) is 5.10 Å². The first kappa shape index (κ1) is 15.3. The lowest BCUT2D eigenvalue weighted by Gasteiger charge is -2.25. The van der Waals surface area contributed by atoms with Crippen LogP contribution in [0, 0.1) is 6.92 Å². The Hall–Kier alpha value is -2.22. The predicted octanol–water partition coefficient (Wildman–Crippen LogP) is 1.42. The fourth-order valence-corrected chi connectivity index (χ4v) is 5.38. The number of nitrogens with one attached hydrogen (secondary N) is 1. The number of rotatable bonds is 2. The van der Waals surface area contributed by atoms with Crippen molar-refractivity contribution in [3.8, 4) is 0 Å². The van der Waals surface area contributed by atoms with Gasteiger partial charge in [-0.15, -0.1) is 0 Å². The van der Waals surface area contributed by atoms with Gasteiger partial charge in [0.1, 0.15) is 5.82 Å². The number of aryl methyl sites for hydroxylation is 1. The molecule has 4 heterocycles. The van der Waals surface area contributed by atoms with E-state index in [9.17, 15) is 13.2 Å².